The fourth-order valence-electron chi connectivity index (χ4n) is 0.836. The Morgan fingerprint density at radius 2 is 2.08 bits per heavy atom. The van der Waals surface area contributed by atoms with Crippen LogP contribution < -0.4 is 10.5 Å². The molecule has 1 aromatic carbocycles. The van der Waals surface area contributed by atoms with Gasteiger partial charge < -0.3 is 10.5 Å². The van der Waals surface area contributed by atoms with Crippen LogP contribution in [0.1, 0.15) is 6.92 Å². The molecule has 0 spiro atoms. The van der Waals surface area contributed by atoms with Gasteiger partial charge in [-0.15, -0.1) is 0 Å². The molecule has 66 valence electrons. The number of nitrogen functional groups attached to an aromatic ring is 1. The van der Waals surface area contributed by atoms with Crippen molar-refractivity contribution in [1.29, 1.82) is 0 Å². The standard InChI is InChI=1S/C8H9Br2NO/c1-2-12-7-4-5(9)3-6(10)8(7)11/h3-4H,2,11H2,1H3. The summed E-state index contributed by atoms with van der Waals surface area (Å²) in [6, 6.07) is 3.74. The van der Waals surface area contributed by atoms with Gasteiger partial charge >= 0.3 is 0 Å². The van der Waals surface area contributed by atoms with Crippen molar-refractivity contribution in [2.75, 3.05) is 12.3 Å². The predicted molar refractivity (Wildman–Crippen MR) is 57.4 cm³/mol. The van der Waals surface area contributed by atoms with E-state index in [-0.39, 0.29) is 0 Å². The molecule has 1 rings (SSSR count). The highest BCUT2D eigenvalue weighted by molar-refractivity contribution is 9.11. The Bertz CT molecular complexity index is 289. The van der Waals surface area contributed by atoms with Crippen molar-refractivity contribution in [3.05, 3.63) is 21.1 Å². The van der Waals surface area contributed by atoms with Gasteiger partial charge in [-0.3, -0.25) is 0 Å². The second-order valence-electron chi connectivity index (χ2n) is 2.23. The van der Waals surface area contributed by atoms with Crippen LogP contribution in [0, 0.1) is 0 Å². The van der Waals surface area contributed by atoms with Crippen molar-refractivity contribution in [2.24, 2.45) is 0 Å². The SMILES string of the molecule is CCOc1cc(Br)cc(Br)c1N. The number of ether oxygens (including phenoxy) is 1. The smallest absolute Gasteiger partial charge is 0.144 e. The number of nitrogens with two attached hydrogens (primary N) is 1. The minimum absolute atomic E-state index is 0.618. The van der Waals surface area contributed by atoms with E-state index in [0.29, 0.717) is 18.0 Å². The largest absolute Gasteiger partial charge is 0.492 e. The number of rotatable bonds is 2. The monoisotopic (exact) mass is 293 g/mol. The molecule has 4 heteroatoms. The van der Waals surface area contributed by atoms with E-state index in [1.54, 1.807) is 0 Å². The lowest BCUT2D eigenvalue weighted by atomic mass is 10.3. The summed E-state index contributed by atoms with van der Waals surface area (Å²) in [5.41, 5.74) is 6.38. The molecule has 2 N–H and O–H groups in total. The molecule has 0 saturated carbocycles. The summed E-state index contributed by atoms with van der Waals surface area (Å²) in [5.74, 6) is 0.707. The summed E-state index contributed by atoms with van der Waals surface area (Å²) in [7, 11) is 0. The number of halogens is 2. The molecule has 0 aliphatic rings. The van der Waals surface area contributed by atoms with E-state index in [1.165, 1.54) is 0 Å². The van der Waals surface area contributed by atoms with Gasteiger partial charge in [0.15, 0.2) is 0 Å². The molecule has 0 saturated heterocycles. The van der Waals surface area contributed by atoms with E-state index in [9.17, 15) is 0 Å². The third-order valence-corrected chi connectivity index (χ3v) is 2.47. The van der Waals surface area contributed by atoms with Crippen LogP contribution in [-0.2, 0) is 0 Å². The van der Waals surface area contributed by atoms with Gasteiger partial charge in [0.2, 0.25) is 0 Å². The number of hydrogen-bond acceptors (Lipinski definition) is 2. The quantitative estimate of drug-likeness (QED) is 0.850. The van der Waals surface area contributed by atoms with Crippen molar-refractivity contribution in [3.63, 3.8) is 0 Å². The van der Waals surface area contributed by atoms with Crippen molar-refractivity contribution in [2.45, 2.75) is 6.92 Å². The molecule has 0 heterocycles. The molecule has 12 heavy (non-hydrogen) atoms. The first kappa shape index (κ1) is 9.86. The molecule has 0 aromatic heterocycles. The Hall–Kier alpha value is -0.220. The normalized spacial score (nSPS) is 9.92. The third-order valence-electron chi connectivity index (χ3n) is 1.36. The molecule has 0 amide bonds. The van der Waals surface area contributed by atoms with E-state index in [2.05, 4.69) is 31.9 Å². The molecule has 0 atom stereocenters. The Kier molecular flexibility index (Phi) is 3.40. The van der Waals surface area contributed by atoms with Gasteiger partial charge in [0.05, 0.1) is 12.3 Å². The molecule has 1 aromatic rings. The average molecular weight is 295 g/mol. The van der Waals surface area contributed by atoms with Crippen LogP contribution in [0.4, 0.5) is 5.69 Å². The van der Waals surface area contributed by atoms with E-state index in [4.69, 9.17) is 10.5 Å². The molecule has 0 bridgehead atoms. The fraction of sp³-hybridized carbons (Fsp3) is 0.250. The average Bonchev–Trinajstić information content (AvgIpc) is 2.00. The molecule has 0 aliphatic carbocycles. The van der Waals surface area contributed by atoms with Gasteiger partial charge in [0.1, 0.15) is 5.75 Å². The molecule has 0 unspecified atom stereocenters. The molecule has 0 aliphatic heterocycles. The number of benzene rings is 1. The van der Waals surface area contributed by atoms with Crippen molar-refractivity contribution in [1.82, 2.24) is 0 Å². The predicted octanol–water partition coefficient (Wildman–Crippen LogP) is 3.19. The van der Waals surface area contributed by atoms with Crippen molar-refractivity contribution in [3.8, 4) is 5.75 Å². The Balaban J connectivity index is 3.09. The van der Waals surface area contributed by atoms with Crippen LogP contribution in [0.2, 0.25) is 0 Å². The molecule has 0 fully saturated rings. The maximum Gasteiger partial charge on any atom is 0.144 e. The zero-order chi connectivity index (χ0) is 9.14. The second-order valence-corrected chi connectivity index (χ2v) is 4.00. The van der Waals surface area contributed by atoms with Crippen LogP contribution in [0.5, 0.6) is 5.75 Å². The highest BCUT2D eigenvalue weighted by Crippen LogP contribution is 2.33. The van der Waals surface area contributed by atoms with Gasteiger partial charge in [-0.05, 0) is 35.0 Å². The minimum atomic E-state index is 0.618. The van der Waals surface area contributed by atoms with Gasteiger partial charge in [-0.2, -0.15) is 0 Å². The van der Waals surface area contributed by atoms with Gasteiger partial charge in [-0.1, -0.05) is 15.9 Å². The highest BCUT2D eigenvalue weighted by atomic mass is 79.9. The third kappa shape index (κ3) is 2.14. The highest BCUT2D eigenvalue weighted by Gasteiger charge is 2.05. The summed E-state index contributed by atoms with van der Waals surface area (Å²) < 4.78 is 7.11. The molecule has 0 radical (unpaired) electrons. The van der Waals surface area contributed by atoms with Crippen LogP contribution in [0.15, 0.2) is 21.1 Å². The molecular weight excluding hydrogens is 286 g/mol. The first-order chi connectivity index (χ1) is 5.65. The topological polar surface area (TPSA) is 35.2 Å². The van der Waals surface area contributed by atoms with E-state index in [0.717, 1.165) is 8.95 Å². The van der Waals surface area contributed by atoms with E-state index in [1.807, 2.05) is 19.1 Å². The van der Waals surface area contributed by atoms with Crippen LogP contribution >= 0.6 is 31.9 Å². The first-order valence-corrected chi connectivity index (χ1v) is 5.11. The lowest BCUT2D eigenvalue weighted by Gasteiger charge is -2.08. The maximum atomic E-state index is 5.74. The van der Waals surface area contributed by atoms with Gasteiger partial charge in [-0.25, -0.2) is 0 Å². The molecule has 2 nitrogen and oxygen atoms in total. The van der Waals surface area contributed by atoms with Crippen LogP contribution in [-0.4, -0.2) is 6.61 Å². The minimum Gasteiger partial charge on any atom is -0.492 e. The lowest BCUT2D eigenvalue weighted by Crippen LogP contribution is -1.97. The summed E-state index contributed by atoms with van der Waals surface area (Å²) in [6.07, 6.45) is 0. The maximum absolute atomic E-state index is 5.74. The van der Waals surface area contributed by atoms with Crippen molar-refractivity contribution >= 4 is 37.5 Å². The Labute approximate surface area is 88.3 Å². The first-order valence-electron chi connectivity index (χ1n) is 3.52. The summed E-state index contributed by atoms with van der Waals surface area (Å²) >= 11 is 6.68. The fourth-order valence-corrected chi connectivity index (χ4v) is 2.02. The summed E-state index contributed by atoms with van der Waals surface area (Å²) in [5, 5.41) is 0. The van der Waals surface area contributed by atoms with Crippen molar-refractivity contribution < 1.29 is 4.74 Å². The van der Waals surface area contributed by atoms with Crippen LogP contribution in [0.25, 0.3) is 0 Å². The van der Waals surface area contributed by atoms with E-state index < -0.39 is 0 Å². The van der Waals surface area contributed by atoms with Gasteiger partial charge in [0.25, 0.3) is 0 Å². The number of anilines is 1. The lowest BCUT2D eigenvalue weighted by molar-refractivity contribution is 0.341. The summed E-state index contributed by atoms with van der Waals surface area (Å²) in [4.78, 5) is 0. The second kappa shape index (κ2) is 4.14. The molecular formula is C8H9Br2NO. The van der Waals surface area contributed by atoms with Crippen LogP contribution in [0.3, 0.4) is 0 Å². The Morgan fingerprint density at radius 1 is 1.42 bits per heavy atom. The number of hydrogen-bond donors (Lipinski definition) is 1. The zero-order valence-corrected chi connectivity index (χ0v) is 9.78. The van der Waals surface area contributed by atoms with Gasteiger partial charge in [0, 0.05) is 8.95 Å². The summed E-state index contributed by atoms with van der Waals surface area (Å²) in [6.45, 7) is 2.54. The van der Waals surface area contributed by atoms with E-state index >= 15 is 0 Å². The zero-order valence-electron chi connectivity index (χ0n) is 6.60. The Morgan fingerprint density at radius 3 is 2.67 bits per heavy atom.